The molecule has 1 saturated heterocycles. The van der Waals surface area contributed by atoms with Crippen molar-refractivity contribution in [3.05, 3.63) is 44.8 Å². The first-order chi connectivity index (χ1) is 15.9. The van der Waals surface area contributed by atoms with Gasteiger partial charge in [0.25, 0.3) is 5.56 Å². The summed E-state index contributed by atoms with van der Waals surface area (Å²) in [6.45, 7) is 4.71. The number of carbonyl (C=O) groups is 2. The van der Waals surface area contributed by atoms with Crippen molar-refractivity contribution in [2.75, 3.05) is 19.0 Å². The van der Waals surface area contributed by atoms with E-state index in [9.17, 15) is 14.4 Å². The summed E-state index contributed by atoms with van der Waals surface area (Å²) in [6, 6.07) is 4.07. The highest BCUT2D eigenvalue weighted by molar-refractivity contribution is 7.99. The summed E-state index contributed by atoms with van der Waals surface area (Å²) in [6.07, 6.45) is 1.75. The Morgan fingerprint density at radius 1 is 1.39 bits per heavy atom. The number of hydrogen-bond donors (Lipinski definition) is 2. The number of rotatable bonds is 7. The first-order valence-corrected chi connectivity index (χ1v) is 12.2. The van der Waals surface area contributed by atoms with Gasteiger partial charge in [-0.25, -0.2) is 14.6 Å². The number of halogens is 1. The molecule has 3 heterocycles. The molecule has 2 N–H and O–H groups in total. The van der Waals surface area contributed by atoms with Crippen molar-refractivity contribution < 1.29 is 19.1 Å². The maximum Gasteiger partial charge on any atom is 0.337 e. The first-order valence-electron chi connectivity index (χ1n) is 10.8. The summed E-state index contributed by atoms with van der Waals surface area (Å²) in [5.74, 6) is -0.279. The van der Waals surface area contributed by atoms with E-state index in [1.165, 1.54) is 11.8 Å². The van der Waals surface area contributed by atoms with E-state index in [1.807, 2.05) is 0 Å². The van der Waals surface area contributed by atoms with Gasteiger partial charge in [-0.1, -0.05) is 23.4 Å². The predicted molar refractivity (Wildman–Crippen MR) is 125 cm³/mol. The van der Waals surface area contributed by atoms with Crippen molar-refractivity contribution in [3.63, 3.8) is 0 Å². The molecule has 1 aromatic heterocycles. The van der Waals surface area contributed by atoms with Crippen LogP contribution in [0.2, 0.25) is 5.02 Å². The smallest absolute Gasteiger partial charge is 0.337 e. The maximum atomic E-state index is 13.3. The van der Waals surface area contributed by atoms with Gasteiger partial charge in [0.15, 0.2) is 5.16 Å². The number of nitrogens with one attached hydrogen (secondary N) is 2. The summed E-state index contributed by atoms with van der Waals surface area (Å²) < 4.78 is 12.5. The van der Waals surface area contributed by atoms with Crippen LogP contribution in [0.15, 0.2) is 39.4 Å². The summed E-state index contributed by atoms with van der Waals surface area (Å²) in [5, 5.41) is 6.79. The van der Waals surface area contributed by atoms with Crippen molar-refractivity contribution in [1.29, 1.82) is 0 Å². The number of carbonyl (C=O) groups excluding carboxylic acids is 2. The number of thioether (sulfide) groups is 1. The zero-order valence-electron chi connectivity index (χ0n) is 18.4. The lowest BCUT2D eigenvalue weighted by Crippen LogP contribution is -2.49. The summed E-state index contributed by atoms with van der Waals surface area (Å²) in [7, 11) is 0. The number of benzene rings is 1. The second kappa shape index (κ2) is 10.1. The highest BCUT2D eigenvalue weighted by Crippen LogP contribution is 2.26. The average molecular weight is 493 g/mol. The number of urea groups is 1. The molecule has 2 amide bonds. The fraction of sp³-hybridized carbons (Fsp3) is 0.455. The van der Waals surface area contributed by atoms with Gasteiger partial charge in [-0.15, -0.1) is 0 Å². The summed E-state index contributed by atoms with van der Waals surface area (Å²) >= 11 is 7.39. The van der Waals surface area contributed by atoms with Gasteiger partial charge in [0, 0.05) is 23.1 Å². The van der Waals surface area contributed by atoms with Crippen LogP contribution in [-0.2, 0) is 20.8 Å². The van der Waals surface area contributed by atoms with Gasteiger partial charge >= 0.3 is 12.0 Å². The molecule has 2 aliphatic heterocycles. The fourth-order valence-electron chi connectivity index (χ4n) is 3.97. The molecule has 33 heavy (non-hydrogen) atoms. The van der Waals surface area contributed by atoms with E-state index in [4.69, 9.17) is 21.1 Å². The molecule has 0 aliphatic carbocycles. The van der Waals surface area contributed by atoms with Crippen LogP contribution in [0.3, 0.4) is 0 Å². The number of esters is 1. The molecule has 1 aromatic carbocycles. The van der Waals surface area contributed by atoms with E-state index in [2.05, 4.69) is 15.6 Å². The van der Waals surface area contributed by atoms with E-state index in [0.717, 1.165) is 12.8 Å². The average Bonchev–Trinajstić information content (AvgIpc) is 3.27. The first kappa shape index (κ1) is 23.6. The van der Waals surface area contributed by atoms with Crippen molar-refractivity contribution >= 4 is 46.3 Å². The molecule has 0 saturated carbocycles. The zero-order chi connectivity index (χ0) is 23.5. The normalized spacial score (nSPS) is 20.6. The Kier molecular flexibility index (Phi) is 7.26. The second-order valence-corrected chi connectivity index (χ2v) is 9.21. The van der Waals surface area contributed by atoms with Gasteiger partial charge in [0.05, 0.1) is 41.8 Å². The molecular formula is C22H25ClN4O5S. The van der Waals surface area contributed by atoms with E-state index < -0.39 is 18.0 Å². The van der Waals surface area contributed by atoms with Crippen LogP contribution >= 0.6 is 23.4 Å². The number of hydrogen-bond acceptors (Lipinski definition) is 7. The van der Waals surface area contributed by atoms with Gasteiger partial charge in [-0.2, -0.15) is 0 Å². The second-order valence-electron chi connectivity index (χ2n) is 7.83. The molecular weight excluding hydrogens is 468 g/mol. The lowest BCUT2D eigenvalue weighted by Gasteiger charge is -2.26. The van der Waals surface area contributed by atoms with Gasteiger partial charge < -0.3 is 20.1 Å². The van der Waals surface area contributed by atoms with Crippen LogP contribution in [0.1, 0.15) is 26.7 Å². The van der Waals surface area contributed by atoms with Gasteiger partial charge in [0.1, 0.15) is 0 Å². The Morgan fingerprint density at radius 3 is 2.94 bits per heavy atom. The lowest BCUT2D eigenvalue weighted by molar-refractivity contribution is -0.138. The minimum atomic E-state index is -0.508. The highest BCUT2D eigenvalue weighted by atomic mass is 35.5. The molecule has 2 atom stereocenters. The number of nitrogens with zero attached hydrogens (tertiary/aromatic N) is 2. The molecule has 4 rings (SSSR count). The third-order valence-electron chi connectivity index (χ3n) is 5.50. The molecule has 0 spiro atoms. The van der Waals surface area contributed by atoms with Crippen LogP contribution in [-0.4, -0.2) is 52.7 Å². The summed E-state index contributed by atoms with van der Waals surface area (Å²) in [5.41, 5.74) is 1.08. The minimum Gasteiger partial charge on any atom is -0.463 e. The minimum absolute atomic E-state index is 0.0680. The molecule has 2 aromatic rings. The third kappa shape index (κ3) is 5.18. The molecule has 0 radical (unpaired) electrons. The quantitative estimate of drug-likeness (QED) is 0.347. The number of aromatic nitrogens is 2. The molecule has 176 valence electrons. The highest BCUT2D eigenvalue weighted by Gasteiger charge is 2.30. The van der Waals surface area contributed by atoms with E-state index in [-0.39, 0.29) is 24.0 Å². The standard InChI is InChI=1S/C22H25ClN4O5S/c1-3-31-20(29)18-12(2)24-21(30)25-17(18)11-33-22-26-16-9-13(23)6-7-15(16)19(28)27(22)10-14-5-4-8-32-14/h6-7,9,12,14H,3-5,8,10-11H2,1-2H3,(H2,24,25,30)/t12-,14+/m1/s1. The lowest BCUT2D eigenvalue weighted by atomic mass is 10.1. The predicted octanol–water partition coefficient (Wildman–Crippen LogP) is 2.84. The van der Waals surface area contributed by atoms with Crippen molar-refractivity contribution in [3.8, 4) is 0 Å². The van der Waals surface area contributed by atoms with Crippen LogP contribution in [0.4, 0.5) is 4.79 Å². The van der Waals surface area contributed by atoms with E-state index >= 15 is 0 Å². The topological polar surface area (TPSA) is 112 Å². The van der Waals surface area contributed by atoms with Crippen LogP contribution in [0.25, 0.3) is 10.9 Å². The maximum absolute atomic E-state index is 13.3. The Bertz CT molecular complexity index is 1180. The van der Waals surface area contributed by atoms with E-state index in [1.54, 1.807) is 36.6 Å². The van der Waals surface area contributed by atoms with Gasteiger partial charge in [-0.3, -0.25) is 9.36 Å². The molecule has 2 aliphatic rings. The Hall–Kier alpha value is -2.56. The van der Waals surface area contributed by atoms with E-state index in [0.29, 0.717) is 45.5 Å². The largest absolute Gasteiger partial charge is 0.463 e. The third-order valence-corrected chi connectivity index (χ3v) is 6.74. The molecule has 9 nitrogen and oxygen atoms in total. The van der Waals surface area contributed by atoms with Gasteiger partial charge in [0.2, 0.25) is 0 Å². The van der Waals surface area contributed by atoms with Crippen LogP contribution < -0.4 is 16.2 Å². The molecule has 1 fully saturated rings. The number of amides is 2. The Balaban J connectivity index is 1.71. The van der Waals surface area contributed by atoms with Crippen molar-refractivity contribution in [2.24, 2.45) is 0 Å². The summed E-state index contributed by atoms with van der Waals surface area (Å²) in [4.78, 5) is 42.6. The number of fused-ring (bicyclic) bond motifs is 1. The monoisotopic (exact) mass is 492 g/mol. The van der Waals surface area contributed by atoms with Gasteiger partial charge in [-0.05, 0) is 44.9 Å². The number of ether oxygens (including phenoxy) is 2. The Labute approximate surface area is 199 Å². The SMILES string of the molecule is CCOC(=O)C1=C(CSc2nc3cc(Cl)ccc3c(=O)n2C[C@@H]2CCCO2)NC(=O)N[C@@H]1C. The molecule has 11 heteroatoms. The molecule has 0 bridgehead atoms. The van der Waals surface area contributed by atoms with Crippen LogP contribution in [0.5, 0.6) is 0 Å². The van der Waals surface area contributed by atoms with Crippen LogP contribution in [0, 0.1) is 0 Å². The fourth-order valence-corrected chi connectivity index (χ4v) is 5.11. The Morgan fingerprint density at radius 2 is 2.21 bits per heavy atom. The zero-order valence-corrected chi connectivity index (χ0v) is 19.9. The molecule has 0 unspecified atom stereocenters. The van der Waals surface area contributed by atoms with Crippen molar-refractivity contribution in [2.45, 2.75) is 50.5 Å². The van der Waals surface area contributed by atoms with Crippen molar-refractivity contribution in [1.82, 2.24) is 20.2 Å².